The quantitative estimate of drug-likeness (QED) is 0.0619. The molecule has 0 fully saturated rings. The summed E-state index contributed by atoms with van der Waals surface area (Å²) in [6.07, 6.45) is 51.5. The Morgan fingerprint density at radius 3 is 0.581 bits per heavy atom. The van der Waals surface area contributed by atoms with Gasteiger partial charge >= 0.3 is 0 Å². The minimum absolute atomic E-state index is 0.950. The average molecular weight is 605 g/mol. The van der Waals surface area contributed by atoms with Gasteiger partial charge in [0.25, 0.3) is 0 Å². The van der Waals surface area contributed by atoms with Crippen LogP contribution < -0.4 is 0 Å². The van der Waals surface area contributed by atoms with Crippen LogP contribution in [-0.2, 0) is 0 Å². The van der Waals surface area contributed by atoms with Crippen molar-refractivity contribution in [2.24, 2.45) is 17.8 Å². The van der Waals surface area contributed by atoms with Crippen molar-refractivity contribution in [3.8, 4) is 0 Å². The highest BCUT2D eigenvalue weighted by Gasteiger charge is 2.07. The molecule has 0 heteroatoms. The maximum atomic E-state index is 2.52. The summed E-state index contributed by atoms with van der Waals surface area (Å²) in [6, 6.07) is 0. The summed E-state index contributed by atoms with van der Waals surface area (Å²) in [6.45, 7) is 12.1. The zero-order valence-corrected chi connectivity index (χ0v) is 31.5. The third-order valence-corrected chi connectivity index (χ3v) is 10.6. The van der Waals surface area contributed by atoms with E-state index in [2.05, 4.69) is 34.6 Å². The lowest BCUT2D eigenvalue weighted by Gasteiger charge is -2.14. The zero-order valence-electron chi connectivity index (χ0n) is 31.5. The number of rotatable bonds is 37. The van der Waals surface area contributed by atoms with Crippen LogP contribution in [0.25, 0.3) is 0 Å². The van der Waals surface area contributed by atoms with Gasteiger partial charge in [-0.1, -0.05) is 259 Å². The summed E-state index contributed by atoms with van der Waals surface area (Å²) < 4.78 is 0. The molecule has 0 saturated carbocycles. The molecule has 0 bridgehead atoms. The molecule has 0 aromatic heterocycles. The monoisotopic (exact) mass is 605 g/mol. The molecule has 0 aromatic carbocycles. The van der Waals surface area contributed by atoms with Gasteiger partial charge in [-0.25, -0.2) is 0 Å². The van der Waals surface area contributed by atoms with E-state index in [1.54, 1.807) is 0 Å². The Labute approximate surface area is 276 Å². The van der Waals surface area contributed by atoms with Crippen molar-refractivity contribution in [1.29, 1.82) is 0 Å². The van der Waals surface area contributed by atoms with E-state index in [1.165, 1.54) is 225 Å². The molecule has 0 rings (SSSR count). The van der Waals surface area contributed by atoms with Crippen LogP contribution in [0.15, 0.2) is 0 Å². The topological polar surface area (TPSA) is 0 Å². The van der Waals surface area contributed by atoms with Crippen molar-refractivity contribution < 1.29 is 0 Å². The van der Waals surface area contributed by atoms with Crippen molar-refractivity contribution >= 4 is 0 Å². The minimum Gasteiger partial charge on any atom is -0.0654 e. The Balaban J connectivity index is 3.28. The largest absolute Gasteiger partial charge is 0.0654 e. The molecule has 0 radical (unpaired) electrons. The summed E-state index contributed by atoms with van der Waals surface area (Å²) in [5, 5.41) is 0. The summed E-state index contributed by atoms with van der Waals surface area (Å²) in [5.41, 5.74) is 0. The van der Waals surface area contributed by atoms with Crippen molar-refractivity contribution in [1.82, 2.24) is 0 Å². The Morgan fingerprint density at radius 1 is 0.209 bits per heavy atom. The summed E-state index contributed by atoms with van der Waals surface area (Å²) >= 11 is 0. The minimum atomic E-state index is 0.950. The zero-order chi connectivity index (χ0) is 31.5. The first-order valence-corrected chi connectivity index (χ1v) is 21.1. The Kier molecular flexibility index (Phi) is 36.5. The smallest absolute Gasteiger partial charge is 0.0443 e. The average Bonchev–Trinajstić information content (AvgIpc) is 3.00. The van der Waals surface area contributed by atoms with E-state index >= 15 is 0 Å². The van der Waals surface area contributed by atoms with Gasteiger partial charge in [0.15, 0.2) is 0 Å². The van der Waals surface area contributed by atoms with E-state index in [0.717, 1.165) is 17.8 Å². The first-order valence-electron chi connectivity index (χ1n) is 21.1. The Morgan fingerprint density at radius 2 is 0.372 bits per heavy atom. The lowest BCUT2D eigenvalue weighted by molar-refractivity contribution is 0.389. The first-order chi connectivity index (χ1) is 21.1. The van der Waals surface area contributed by atoms with Gasteiger partial charge in [-0.2, -0.15) is 0 Å². The lowest BCUT2D eigenvalue weighted by Crippen LogP contribution is -1.99. The fourth-order valence-electron chi connectivity index (χ4n) is 7.25. The first kappa shape index (κ1) is 43.0. The molecule has 0 aliphatic carbocycles. The van der Waals surface area contributed by atoms with Crippen molar-refractivity contribution in [3.63, 3.8) is 0 Å². The van der Waals surface area contributed by atoms with Gasteiger partial charge in [0, 0.05) is 0 Å². The molecular formula is C43H88. The molecule has 0 amide bonds. The predicted octanol–water partition coefficient (Wildman–Crippen LogP) is 16.6. The molecule has 260 valence electrons. The maximum absolute atomic E-state index is 2.52. The maximum Gasteiger partial charge on any atom is -0.0443 e. The molecule has 0 aliphatic rings. The number of hydrogen-bond donors (Lipinski definition) is 0. The molecule has 0 saturated heterocycles. The summed E-state index contributed by atoms with van der Waals surface area (Å²) in [7, 11) is 0. The number of hydrogen-bond acceptors (Lipinski definition) is 0. The summed E-state index contributed by atoms with van der Waals surface area (Å²) in [5.74, 6) is 2.86. The number of unbranched alkanes of at least 4 members (excludes halogenated alkanes) is 25. The third-order valence-electron chi connectivity index (χ3n) is 10.6. The second-order valence-corrected chi connectivity index (χ2v) is 15.6. The van der Waals surface area contributed by atoms with E-state index in [-0.39, 0.29) is 0 Å². The molecule has 3 unspecified atom stereocenters. The molecule has 0 aromatic rings. The van der Waals surface area contributed by atoms with Gasteiger partial charge in [-0.05, 0) is 17.8 Å². The van der Waals surface area contributed by atoms with Gasteiger partial charge in [0.2, 0.25) is 0 Å². The standard InChI is InChI=1S/C43H88/c1-6-8-10-12-13-14-15-16-17-18-19-20-21-22-23-24-27-31-35-41(3)36-32-28-25-29-33-38-43(5)40-34-39-42(4)37-30-26-11-9-7-2/h41-43H,6-40H2,1-5H3. The van der Waals surface area contributed by atoms with Crippen LogP contribution in [0.1, 0.15) is 259 Å². The van der Waals surface area contributed by atoms with Crippen molar-refractivity contribution in [2.75, 3.05) is 0 Å². The van der Waals surface area contributed by atoms with Gasteiger partial charge in [0.1, 0.15) is 0 Å². The van der Waals surface area contributed by atoms with Crippen molar-refractivity contribution in [2.45, 2.75) is 259 Å². The highest BCUT2D eigenvalue weighted by molar-refractivity contribution is 4.60. The third kappa shape index (κ3) is 36.3. The van der Waals surface area contributed by atoms with E-state index in [1.807, 2.05) is 0 Å². The molecular weight excluding hydrogens is 516 g/mol. The molecule has 0 nitrogen and oxygen atoms in total. The Hall–Kier alpha value is 0. The van der Waals surface area contributed by atoms with E-state index < -0.39 is 0 Å². The van der Waals surface area contributed by atoms with E-state index in [9.17, 15) is 0 Å². The highest BCUT2D eigenvalue weighted by atomic mass is 14.1. The summed E-state index contributed by atoms with van der Waals surface area (Å²) in [4.78, 5) is 0. The van der Waals surface area contributed by atoms with E-state index in [4.69, 9.17) is 0 Å². The molecule has 43 heavy (non-hydrogen) atoms. The molecule has 0 spiro atoms. The van der Waals surface area contributed by atoms with Crippen LogP contribution in [0, 0.1) is 17.8 Å². The predicted molar refractivity (Wildman–Crippen MR) is 200 cm³/mol. The van der Waals surface area contributed by atoms with Crippen LogP contribution in [0.5, 0.6) is 0 Å². The second-order valence-electron chi connectivity index (χ2n) is 15.6. The lowest BCUT2D eigenvalue weighted by atomic mass is 9.92. The molecule has 0 aliphatic heterocycles. The fourth-order valence-corrected chi connectivity index (χ4v) is 7.25. The van der Waals surface area contributed by atoms with E-state index in [0.29, 0.717) is 0 Å². The van der Waals surface area contributed by atoms with Crippen LogP contribution in [0.3, 0.4) is 0 Å². The van der Waals surface area contributed by atoms with Crippen LogP contribution in [-0.4, -0.2) is 0 Å². The van der Waals surface area contributed by atoms with Gasteiger partial charge in [-0.3, -0.25) is 0 Å². The van der Waals surface area contributed by atoms with Crippen LogP contribution in [0.4, 0.5) is 0 Å². The van der Waals surface area contributed by atoms with Gasteiger partial charge < -0.3 is 0 Å². The van der Waals surface area contributed by atoms with Gasteiger partial charge in [-0.15, -0.1) is 0 Å². The molecule has 0 heterocycles. The van der Waals surface area contributed by atoms with Crippen molar-refractivity contribution in [3.05, 3.63) is 0 Å². The normalized spacial score (nSPS) is 13.9. The molecule has 3 atom stereocenters. The molecule has 0 N–H and O–H groups in total. The van der Waals surface area contributed by atoms with Crippen LogP contribution in [0.2, 0.25) is 0 Å². The fraction of sp³-hybridized carbons (Fsp3) is 1.00. The SMILES string of the molecule is CCCCCCCCCCCCCCCCCCCCC(C)CCCCCCCC(C)CCCC(C)CCCCCCC. The van der Waals surface area contributed by atoms with Gasteiger partial charge in [0.05, 0.1) is 0 Å². The van der Waals surface area contributed by atoms with Crippen LogP contribution >= 0.6 is 0 Å². The second kappa shape index (κ2) is 36.5. The Bertz CT molecular complexity index is 480. The highest BCUT2D eigenvalue weighted by Crippen LogP contribution is 2.23.